The third kappa shape index (κ3) is 3.10. The fourth-order valence-electron chi connectivity index (χ4n) is 3.65. The normalized spacial score (nSPS) is 12.1. The van der Waals surface area contributed by atoms with Gasteiger partial charge < -0.3 is 4.74 Å². The number of ether oxygens (including phenoxy) is 1. The molecular weight excluding hydrogens is 340 g/mol. The lowest BCUT2D eigenvalue weighted by Crippen LogP contribution is -2.01. The van der Waals surface area contributed by atoms with Gasteiger partial charge in [0.2, 0.25) is 0 Å². The van der Waals surface area contributed by atoms with E-state index in [-0.39, 0.29) is 0 Å². The van der Waals surface area contributed by atoms with Gasteiger partial charge in [0.05, 0.1) is 0 Å². The van der Waals surface area contributed by atoms with Crippen molar-refractivity contribution in [1.82, 2.24) is 0 Å². The second-order valence-electron chi connectivity index (χ2n) is 7.48. The first-order valence-electron chi connectivity index (χ1n) is 9.60. The van der Waals surface area contributed by atoms with E-state index >= 15 is 0 Å². The third-order valence-corrected chi connectivity index (χ3v) is 5.32. The minimum atomic E-state index is 0.909. The van der Waals surface area contributed by atoms with E-state index in [0.717, 1.165) is 22.6 Å². The van der Waals surface area contributed by atoms with Crippen LogP contribution < -0.4 is 4.74 Å². The summed E-state index contributed by atoms with van der Waals surface area (Å²) in [5.41, 5.74) is 9.64. The van der Waals surface area contributed by atoms with Gasteiger partial charge in [0.25, 0.3) is 0 Å². The van der Waals surface area contributed by atoms with Crippen molar-refractivity contribution >= 4 is 0 Å². The van der Waals surface area contributed by atoms with Crippen LogP contribution in [0.1, 0.15) is 22.3 Å². The van der Waals surface area contributed by atoms with E-state index < -0.39 is 0 Å². The van der Waals surface area contributed by atoms with Crippen molar-refractivity contribution in [2.75, 3.05) is 0 Å². The van der Waals surface area contributed by atoms with Gasteiger partial charge in [0, 0.05) is 17.5 Å². The van der Waals surface area contributed by atoms with E-state index in [0.29, 0.717) is 0 Å². The highest BCUT2D eigenvalue weighted by Gasteiger charge is 2.18. The summed E-state index contributed by atoms with van der Waals surface area (Å²) >= 11 is 0. The Morgan fingerprint density at radius 2 is 0.857 bits per heavy atom. The molecule has 28 heavy (non-hydrogen) atoms. The maximum Gasteiger partial charge on any atom is 0.131 e. The van der Waals surface area contributed by atoms with Crippen molar-refractivity contribution in [2.24, 2.45) is 0 Å². The van der Waals surface area contributed by atoms with Crippen LogP contribution in [0.15, 0.2) is 84.9 Å². The van der Waals surface area contributed by atoms with Gasteiger partial charge in [-0.05, 0) is 60.4 Å². The van der Waals surface area contributed by atoms with Crippen LogP contribution in [-0.4, -0.2) is 0 Å². The number of benzene rings is 4. The zero-order valence-electron chi connectivity index (χ0n) is 16.1. The van der Waals surface area contributed by atoms with E-state index in [2.05, 4.69) is 105 Å². The molecule has 0 saturated carbocycles. The number of hydrogen-bond donors (Lipinski definition) is 0. The molecule has 1 aliphatic rings. The fraction of sp³-hybridized carbons (Fsp3) is 0.0741. The van der Waals surface area contributed by atoms with E-state index in [1.54, 1.807) is 0 Å². The molecule has 1 nitrogen and oxygen atoms in total. The first-order valence-corrected chi connectivity index (χ1v) is 9.60. The molecule has 0 fully saturated rings. The van der Waals surface area contributed by atoms with Crippen molar-refractivity contribution in [3.05, 3.63) is 114 Å². The van der Waals surface area contributed by atoms with Crippen molar-refractivity contribution in [3.8, 4) is 33.8 Å². The zero-order chi connectivity index (χ0) is 19.1. The second-order valence-corrected chi connectivity index (χ2v) is 7.48. The molecule has 0 spiro atoms. The first-order chi connectivity index (χ1) is 13.7. The average molecular weight is 361 g/mol. The highest BCUT2D eigenvalue weighted by atomic mass is 16.5. The molecule has 4 aromatic carbocycles. The van der Waals surface area contributed by atoms with Crippen LogP contribution in [0.4, 0.5) is 0 Å². The maximum atomic E-state index is 6.17. The van der Waals surface area contributed by atoms with Gasteiger partial charge in [-0.1, -0.05) is 71.8 Å². The Balaban J connectivity index is 1.49. The Labute approximate surface area is 166 Å². The number of rotatable bonds is 2. The van der Waals surface area contributed by atoms with Crippen molar-refractivity contribution < 1.29 is 4.74 Å². The summed E-state index contributed by atoms with van der Waals surface area (Å²) in [6, 6.07) is 30.1. The van der Waals surface area contributed by atoms with Crippen LogP contribution >= 0.6 is 0 Å². The number of hydrogen-bond acceptors (Lipinski definition) is 1. The van der Waals surface area contributed by atoms with Gasteiger partial charge >= 0.3 is 0 Å². The molecular formula is C27H21O. The van der Waals surface area contributed by atoms with Gasteiger partial charge in [-0.25, -0.2) is 0 Å². The summed E-state index contributed by atoms with van der Waals surface area (Å²) in [7, 11) is 0. The van der Waals surface area contributed by atoms with Gasteiger partial charge in [-0.15, -0.1) is 0 Å². The minimum absolute atomic E-state index is 0.909. The minimum Gasteiger partial charge on any atom is -0.457 e. The quantitative estimate of drug-likeness (QED) is 0.319. The van der Waals surface area contributed by atoms with Crippen LogP contribution in [0.5, 0.6) is 11.5 Å². The van der Waals surface area contributed by atoms with Gasteiger partial charge in [-0.3, -0.25) is 0 Å². The molecule has 0 unspecified atom stereocenters. The summed E-state index contributed by atoms with van der Waals surface area (Å²) in [4.78, 5) is 0. The zero-order valence-corrected chi connectivity index (χ0v) is 16.1. The second kappa shape index (κ2) is 6.69. The van der Waals surface area contributed by atoms with Crippen LogP contribution in [-0.2, 0) is 0 Å². The van der Waals surface area contributed by atoms with Crippen LogP contribution in [0.25, 0.3) is 22.3 Å². The maximum absolute atomic E-state index is 6.17. The Hall–Kier alpha value is -3.32. The van der Waals surface area contributed by atoms with Crippen molar-refractivity contribution in [2.45, 2.75) is 13.8 Å². The molecule has 0 amide bonds. The summed E-state index contributed by atoms with van der Waals surface area (Å²) in [5, 5.41) is 0. The Morgan fingerprint density at radius 1 is 0.464 bits per heavy atom. The predicted molar refractivity (Wildman–Crippen MR) is 116 cm³/mol. The van der Waals surface area contributed by atoms with Crippen LogP contribution in [0, 0.1) is 20.3 Å². The molecule has 0 saturated heterocycles. The summed E-state index contributed by atoms with van der Waals surface area (Å²) in [5.74, 6) is 1.82. The lowest BCUT2D eigenvalue weighted by molar-refractivity contribution is 0.469. The molecule has 5 rings (SSSR count). The number of aryl methyl sites for hydroxylation is 2. The van der Waals surface area contributed by atoms with Crippen molar-refractivity contribution in [3.63, 3.8) is 0 Å². The fourth-order valence-corrected chi connectivity index (χ4v) is 3.65. The molecule has 4 aromatic rings. The molecule has 135 valence electrons. The monoisotopic (exact) mass is 361 g/mol. The van der Waals surface area contributed by atoms with Gasteiger partial charge in [-0.2, -0.15) is 0 Å². The Morgan fingerprint density at radius 3 is 1.29 bits per heavy atom. The Kier molecular flexibility index (Phi) is 4.02. The van der Waals surface area contributed by atoms with E-state index in [1.165, 1.54) is 33.4 Å². The molecule has 1 radical (unpaired) electrons. The van der Waals surface area contributed by atoms with Crippen LogP contribution in [0.3, 0.4) is 0 Å². The Bertz CT molecular complexity index is 1060. The summed E-state index contributed by atoms with van der Waals surface area (Å²) < 4.78 is 6.17. The molecule has 1 heterocycles. The molecule has 0 N–H and O–H groups in total. The molecule has 0 bridgehead atoms. The van der Waals surface area contributed by atoms with E-state index in [1.807, 2.05) is 0 Å². The topological polar surface area (TPSA) is 9.23 Å². The van der Waals surface area contributed by atoms with E-state index in [9.17, 15) is 0 Å². The summed E-state index contributed by atoms with van der Waals surface area (Å²) in [6.07, 6.45) is 2.23. The molecule has 1 heteroatoms. The highest BCUT2D eigenvalue weighted by molar-refractivity contribution is 5.72. The third-order valence-electron chi connectivity index (χ3n) is 5.32. The molecule has 0 aromatic heterocycles. The predicted octanol–water partition coefficient (Wildman–Crippen LogP) is 7.34. The highest BCUT2D eigenvalue weighted by Crippen LogP contribution is 2.41. The van der Waals surface area contributed by atoms with Gasteiger partial charge in [0.1, 0.15) is 11.5 Å². The SMILES string of the molecule is Cc1ccc(-c2ccc3c(c2)[CH]c2cc(-c4ccc(C)cc4)ccc2O3)cc1. The lowest BCUT2D eigenvalue weighted by Gasteiger charge is -2.21. The average Bonchev–Trinajstić information content (AvgIpc) is 2.72. The largest absolute Gasteiger partial charge is 0.457 e. The van der Waals surface area contributed by atoms with Crippen LogP contribution in [0.2, 0.25) is 0 Å². The lowest BCUT2D eigenvalue weighted by atomic mass is 9.93. The molecule has 1 aliphatic heterocycles. The molecule has 0 aliphatic carbocycles. The van der Waals surface area contributed by atoms with Crippen molar-refractivity contribution in [1.29, 1.82) is 0 Å². The smallest absolute Gasteiger partial charge is 0.131 e. The van der Waals surface area contributed by atoms with Gasteiger partial charge in [0.15, 0.2) is 0 Å². The standard InChI is InChI=1S/C27H21O/c1-18-3-7-20(8-4-18)22-11-13-26-24(15-22)17-25-16-23(12-14-27(25)28-26)21-9-5-19(2)6-10-21/h3-17H,1-2H3. The first kappa shape index (κ1) is 16.8. The van der Waals surface area contributed by atoms with E-state index in [4.69, 9.17) is 4.74 Å². The molecule has 0 atom stereocenters. The summed E-state index contributed by atoms with van der Waals surface area (Å²) in [6.45, 7) is 4.22. The number of fused-ring (bicyclic) bond motifs is 2.